The lowest BCUT2D eigenvalue weighted by molar-refractivity contribution is 0.611. The average Bonchev–Trinajstić information content (AvgIpc) is 1.94. The molecule has 1 atom stereocenters. The quantitative estimate of drug-likeness (QED) is 0.514. The summed E-state index contributed by atoms with van der Waals surface area (Å²) in [4.78, 5) is 3.58. The van der Waals surface area contributed by atoms with Gasteiger partial charge in [0.2, 0.25) is 0 Å². The van der Waals surface area contributed by atoms with Gasteiger partial charge in [0.15, 0.2) is 0 Å². The van der Waals surface area contributed by atoms with Crippen LogP contribution in [0.1, 0.15) is 12.8 Å². The Morgan fingerprint density at radius 1 is 1.50 bits per heavy atom. The highest BCUT2D eigenvalue weighted by atomic mass is 28.3. The van der Waals surface area contributed by atoms with Gasteiger partial charge in [-0.05, 0) is 12.5 Å². The van der Waals surface area contributed by atoms with Gasteiger partial charge in [0.05, 0.1) is 0 Å². The van der Waals surface area contributed by atoms with Gasteiger partial charge in [0.25, 0.3) is 0 Å². The molecule has 0 aromatic rings. The number of hydrogen-bond donors (Lipinski definition) is 2. The summed E-state index contributed by atoms with van der Waals surface area (Å²) in [6.45, 7) is 5.80. The van der Waals surface area contributed by atoms with Crippen molar-refractivity contribution < 1.29 is 0 Å². The van der Waals surface area contributed by atoms with Crippen LogP contribution in [0, 0.1) is 0 Å². The second-order valence-corrected chi connectivity index (χ2v) is 8.54. The fraction of sp³-hybridized carbons (Fsp3) is 1.00. The molecule has 3 N–H and O–H groups in total. The molecule has 10 heavy (non-hydrogen) atoms. The van der Waals surface area contributed by atoms with E-state index in [1.807, 2.05) is 0 Å². The second-order valence-electron chi connectivity index (χ2n) is 3.92. The summed E-state index contributed by atoms with van der Waals surface area (Å²) in [7, 11) is -1.01. The Labute approximate surface area is 64.3 Å². The van der Waals surface area contributed by atoms with E-state index in [1.165, 1.54) is 18.9 Å². The van der Waals surface area contributed by atoms with Gasteiger partial charge in [-0.15, -0.1) is 0 Å². The van der Waals surface area contributed by atoms with Crippen LogP contribution in [0.4, 0.5) is 0 Å². The van der Waals surface area contributed by atoms with Gasteiger partial charge in [-0.25, -0.2) is 0 Å². The van der Waals surface area contributed by atoms with Crippen molar-refractivity contribution in [1.29, 1.82) is 0 Å². The topological polar surface area (TPSA) is 38.0 Å². The maximum Gasteiger partial charge on any atom is 0.119 e. The van der Waals surface area contributed by atoms with E-state index >= 15 is 0 Å². The Kier molecular flexibility index (Phi) is 2.49. The van der Waals surface area contributed by atoms with E-state index in [9.17, 15) is 0 Å². The summed E-state index contributed by atoms with van der Waals surface area (Å²) in [6.07, 6.45) is 2.54. The molecular formula is C7H18N2Si. The molecule has 1 saturated heterocycles. The zero-order valence-electron chi connectivity index (χ0n) is 6.98. The fourth-order valence-corrected chi connectivity index (χ4v) is 3.48. The Balaban J connectivity index is 2.41. The van der Waals surface area contributed by atoms with E-state index in [4.69, 9.17) is 5.73 Å². The third kappa shape index (κ3) is 2.40. The lowest BCUT2D eigenvalue weighted by atomic mass is 10.2. The van der Waals surface area contributed by atoms with Crippen LogP contribution in [0.2, 0.25) is 19.1 Å². The highest BCUT2D eigenvalue weighted by Crippen LogP contribution is 2.14. The van der Waals surface area contributed by atoms with Crippen molar-refractivity contribution >= 4 is 8.24 Å². The van der Waals surface area contributed by atoms with Gasteiger partial charge in [0.1, 0.15) is 8.24 Å². The van der Waals surface area contributed by atoms with Gasteiger partial charge in [-0.1, -0.05) is 19.5 Å². The van der Waals surface area contributed by atoms with E-state index in [0.717, 1.165) is 6.54 Å². The molecule has 2 nitrogen and oxygen atoms in total. The number of rotatable bonds is 0. The largest absolute Gasteiger partial charge is 0.336 e. The van der Waals surface area contributed by atoms with Crippen LogP contribution in [-0.4, -0.2) is 20.8 Å². The van der Waals surface area contributed by atoms with Gasteiger partial charge in [-0.3, -0.25) is 0 Å². The lowest BCUT2D eigenvalue weighted by Crippen LogP contribution is -2.46. The van der Waals surface area contributed by atoms with Crippen molar-refractivity contribution in [2.75, 3.05) is 6.54 Å². The molecule has 60 valence electrons. The van der Waals surface area contributed by atoms with E-state index < -0.39 is 8.24 Å². The first-order valence-corrected chi connectivity index (χ1v) is 7.31. The minimum Gasteiger partial charge on any atom is -0.336 e. The summed E-state index contributed by atoms with van der Waals surface area (Å²) in [5, 5.41) is 0. The Morgan fingerprint density at radius 2 is 2.20 bits per heavy atom. The Hall–Kier alpha value is 0.137. The van der Waals surface area contributed by atoms with Crippen molar-refractivity contribution in [2.45, 2.75) is 38.0 Å². The molecule has 1 unspecified atom stereocenters. The summed E-state index contributed by atoms with van der Waals surface area (Å²) >= 11 is 0. The molecule has 0 saturated carbocycles. The molecule has 0 aromatic carbocycles. The van der Waals surface area contributed by atoms with Crippen LogP contribution in [0.3, 0.4) is 0 Å². The van der Waals surface area contributed by atoms with Crippen molar-refractivity contribution in [2.24, 2.45) is 5.73 Å². The number of nitrogens with two attached hydrogens (primary N) is 1. The molecule has 0 radical (unpaired) electrons. The van der Waals surface area contributed by atoms with Gasteiger partial charge >= 0.3 is 0 Å². The Bertz CT molecular complexity index is 114. The minimum atomic E-state index is -1.01. The molecule has 0 amide bonds. The molecule has 0 bridgehead atoms. The third-order valence-electron chi connectivity index (χ3n) is 2.22. The maximum atomic E-state index is 5.82. The lowest BCUT2D eigenvalue weighted by Gasteiger charge is -2.20. The van der Waals surface area contributed by atoms with Crippen LogP contribution in [0.5, 0.6) is 0 Å². The molecule has 3 heteroatoms. The minimum absolute atomic E-state index is 0.411. The van der Waals surface area contributed by atoms with Crippen LogP contribution >= 0.6 is 0 Å². The second kappa shape index (κ2) is 3.03. The van der Waals surface area contributed by atoms with Crippen LogP contribution < -0.4 is 10.7 Å². The number of hydrogen-bond acceptors (Lipinski definition) is 2. The molecule has 0 spiro atoms. The highest BCUT2D eigenvalue weighted by molar-refractivity contribution is 6.75. The molecule has 1 aliphatic heterocycles. The molecule has 1 heterocycles. The first kappa shape index (κ1) is 8.24. The highest BCUT2D eigenvalue weighted by Gasteiger charge is 2.23. The maximum absolute atomic E-state index is 5.82. The normalized spacial score (nSPS) is 33.3. The number of nitrogens with one attached hydrogen (secondary N) is 1. The molecular weight excluding hydrogens is 140 g/mol. The van der Waals surface area contributed by atoms with E-state index in [1.54, 1.807) is 0 Å². The van der Waals surface area contributed by atoms with Gasteiger partial charge in [0, 0.05) is 12.6 Å². The zero-order chi connectivity index (χ0) is 7.61. The summed E-state index contributed by atoms with van der Waals surface area (Å²) in [5.41, 5.74) is 5.82. The van der Waals surface area contributed by atoms with E-state index in [-0.39, 0.29) is 0 Å². The summed E-state index contributed by atoms with van der Waals surface area (Å²) < 4.78 is 0. The molecule has 1 aliphatic rings. The summed E-state index contributed by atoms with van der Waals surface area (Å²) in [5.74, 6) is 0. The first-order valence-electron chi connectivity index (χ1n) is 4.11. The summed E-state index contributed by atoms with van der Waals surface area (Å²) in [6, 6.07) is 1.80. The SMILES string of the molecule is C[Si]1(C)CCCC(N)CN1. The molecule has 1 rings (SSSR count). The van der Waals surface area contributed by atoms with Crippen LogP contribution in [0.25, 0.3) is 0 Å². The van der Waals surface area contributed by atoms with E-state index in [2.05, 4.69) is 18.1 Å². The van der Waals surface area contributed by atoms with Crippen molar-refractivity contribution in [3.63, 3.8) is 0 Å². The van der Waals surface area contributed by atoms with Gasteiger partial charge < -0.3 is 10.7 Å². The fourth-order valence-electron chi connectivity index (χ4n) is 1.40. The molecule has 0 aliphatic carbocycles. The van der Waals surface area contributed by atoms with Crippen LogP contribution in [-0.2, 0) is 0 Å². The zero-order valence-corrected chi connectivity index (χ0v) is 7.98. The Morgan fingerprint density at radius 3 is 2.90 bits per heavy atom. The van der Waals surface area contributed by atoms with Gasteiger partial charge in [-0.2, -0.15) is 0 Å². The van der Waals surface area contributed by atoms with Crippen LogP contribution in [0.15, 0.2) is 0 Å². The monoisotopic (exact) mass is 158 g/mol. The van der Waals surface area contributed by atoms with E-state index in [0.29, 0.717) is 6.04 Å². The van der Waals surface area contributed by atoms with Crippen molar-refractivity contribution in [3.8, 4) is 0 Å². The average molecular weight is 158 g/mol. The molecule has 1 fully saturated rings. The predicted octanol–water partition coefficient (Wildman–Crippen LogP) is 0.902. The molecule has 0 aromatic heterocycles. The van der Waals surface area contributed by atoms with Crippen molar-refractivity contribution in [1.82, 2.24) is 4.98 Å². The predicted molar refractivity (Wildman–Crippen MR) is 47.5 cm³/mol. The smallest absolute Gasteiger partial charge is 0.119 e. The third-order valence-corrected chi connectivity index (χ3v) is 4.98. The standard InChI is InChI=1S/C7H18N2Si/c1-10(2)5-3-4-7(8)6-9-10/h7,9H,3-6,8H2,1-2H3. The van der Waals surface area contributed by atoms with Crippen molar-refractivity contribution in [3.05, 3.63) is 0 Å². The first-order chi connectivity index (χ1) is 4.60.